The molecule has 16 nitrogen and oxygen atoms in total. The van der Waals surface area contributed by atoms with Crippen molar-refractivity contribution in [2.24, 2.45) is 0 Å². The Morgan fingerprint density at radius 3 is 0.961 bits per heavy atom. The van der Waals surface area contributed by atoms with E-state index in [1.165, 1.54) is 12.1 Å². The first-order valence-corrected chi connectivity index (χ1v) is 27.3. The van der Waals surface area contributed by atoms with Gasteiger partial charge in [0.05, 0.1) is 39.6 Å². The smallest absolute Gasteiger partial charge is 0.200 e. The van der Waals surface area contributed by atoms with Crippen LogP contribution in [0.15, 0.2) is 73.8 Å². The molecule has 4 aromatic carbocycles. The Morgan fingerprint density at radius 2 is 0.671 bits per heavy atom. The minimum absolute atomic E-state index is 0.0389. The minimum atomic E-state index is -0.650. The lowest BCUT2D eigenvalue weighted by molar-refractivity contribution is -0.109. The number of hydrogen-bond donors (Lipinski definition) is 2. The number of carbonyl (C=O) groups excluding carboxylic acids is 2. The molecule has 406 valence electrons. The predicted octanol–water partition coefficient (Wildman–Crippen LogP) is 12.0. The van der Waals surface area contributed by atoms with Gasteiger partial charge in [0, 0.05) is 85.1 Å². The van der Waals surface area contributed by atoms with E-state index in [1.54, 1.807) is 48.5 Å². The van der Waals surface area contributed by atoms with Crippen molar-refractivity contribution >= 4 is 22.7 Å². The van der Waals surface area contributed by atoms with E-state index in [0.29, 0.717) is 112 Å². The van der Waals surface area contributed by atoms with E-state index < -0.39 is 49.3 Å². The maximum Gasteiger partial charge on any atom is 0.200 e. The van der Waals surface area contributed by atoms with E-state index in [9.17, 15) is 19.8 Å². The number of ketones is 2. The summed E-state index contributed by atoms with van der Waals surface area (Å²) in [7, 11) is 0. The average Bonchev–Trinajstić information content (AvgIpc) is 3.45. The van der Waals surface area contributed by atoms with Crippen molar-refractivity contribution in [1.82, 2.24) is 0 Å². The molecule has 0 aromatic heterocycles. The summed E-state index contributed by atoms with van der Waals surface area (Å²) in [6, 6.07) is 16.5. The van der Waals surface area contributed by atoms with Crippen LogP contribution in [0, 0.1) is 0 Å². The lowest BCUT2D eigenvalue weighted by Crippen LogP contribution is -2.26. The molecule has 4 aromatic rings. The second-order valence-electron chi connectivity index (χ2n) is 20.2. The van der Waals surface area contributed by atoms with Crippen LogP contribution in [0.5, 0.6) is 46.0 Å². The number of allylic oxidation sites excluding steroid dienone is 2. The van der Waals surface area contributed by atoms with E-state index in [2.05, 4.69) is 13.2 Å². The van der Waals surface area contributed by atoms with E-state index in [-0.39, 0.29) is 56.8 Å². The van der Waals surface area contributed by atoms with E-state index in [0.717, 1.165) is 77.0 Å². The molecule has 6 unspecified atom stereocenters. The second-order valence-corrected chi connectivity index (χ2v) is 20.2. The van der Waals surface area contributed by atoms with Gasteiger partial charge in [-0.05, 0) is 112 Å². The molecule has 76 heavy (non-hydrogen) atoms. The Hall–Kier alpha value is -6.14. The summed E-state index contributed by atoms with van der Waals surface area (Å²) in [6.07, 6.45) is 11.2. The Bertz CT molecular complexity index is 2500. The molecule has 0 spiro atoms. The molecule has 2 N–H and O–H groups in total. The highest BCUT2D eigenvalue weighted by molar-refractivity contribution is 6.31. The zero-order chi connectivity index (χ0) is 52.4. The van der Waals surface area contributed by atoms with Crippen LogP contribution in [0.1, 0.15) is 147 Å². The molecule has 0 bridgehead atoms. The summed E-state index contributed by atoms with van der Waals surface area (Å²) in [5.74, 6) is -0.350. The molecule has 6 fully saturated rings. The molecular weight excluding hydrogens is 977 g/mol. The van der Waals surface area contributed by atoms with Crippen molar-refractivity contribution in [1.29, 1.82) is 0 Å². The third-order valence-corrected chi connectivity index (χ3v) is 14.5. The molecule has 6 atom stereocenters. The van der Waals surface area contributed by atoms with Crippen LogP contribution in [-0.4, -0.2) is 99.2 Å². The van der Waals surface area contributed by atoms with Crippen LogP contribution < -0.4 is 28.4 Å². The molecule has 10 rings (SSSR count). The van der Waals surface area contributed by atoms with Gasteiger partial charge in [0.25, 0.3) is 0 Å². The third kappa shape index (κ3) is 13.2. The summed E-state index contributed by atoms with van der Waals surface area (Å²) < 4.78 is 74.0. The number of carbonyl (C=O) groups is 2. The minimum Gasteiger partial charge on any atom is -0.507 e. The number of hydrogen-bond acceptors (Lipinski definition) is 16. The monoisotopic (exact) mass is 1050 g/mol. The number of rotatable bonds is 19. The van der Waals surface area contributed by atoms with Gasteiger partial charge < -0.3 is 67.1 Å². The van der Waals surface area contributed by atoms with Gasteiger partial charge in [-0.25, -0.2) is 0 Å². The summed E-state index contributed by atoms with van der Waals surface area (Å²) in [5.41, 5.74) is 1.62. The van der Waals surface area contributed by atoms with Crippen LogP contribution in [0.25, 0.3) is 22.3 Å². The number of benzene rings is 4. The Balaban J connectivity index is 1.02. The lowest BCUT2D eigenvalue weighted by atomic mass is 9.91. The fraction of sp³-hybridized carbons (Fsp3) is 0.500. The van der Waals surface area contributed by atoms with Crippen LogP contribution >= 0.6 is 0 Å². The number of phenols is 2. The first-order chi connectivity index (χ1) is 37.1. The maximum atomic E-state index is 14.9. The summed E-state index contributed by atoms with van der Waals surface area (Å²) in [5, 5.41) is 23.4. The van der Waals surface area contributed by atoms with Gasteiger partial charge in [0.2, 0.25) is 11.6 Å². The highest BCUT2D eigenvalue weighted by atomic mass is 16.7. The number of phenolic OH excluding ortho intramolecular Hbond substituents is 2. The van der Waals surface area contributed by atoms with Crippen LogP contribution in [-0.2, 0) is 28.4 Å². The van der Waals surface area contributed by atoms with Crippen molar-refractivity contribution < 1.29 is 76.6 Å². The van der Waals surface area contributed by atoms with Crippen LogP contribution in [0.4, 0.5) is 0 Å². The van der Waals surface area contributed by atoms with Crippen molar-refractivity contribution in [3.05, 3.63) is 96.1 Å². The molecule has 6 heterocycles. The fourth-order valence-electron chi connectivity index (χ4n) is 10.3. The molecular formula is C60H70O16. The van der Waals surface area contributed by atoms with Crippen molar-refractivity contribution in [2.75, 3.05) is 39.6 Å². The normalized spacial score (nSPS) is 24.1. The zero-order valence-corrected chi connectivity index (χ0v) is 43.2. The quantitative estimate of drug-likeness (QED) is 0.0667. The van der Waals surface area contributed by atoms with Gasteiger partial charge in [0.15, 0.2) is 37.7 Å². The summed E-state index contributed by atoms with van der Waals surface area (Å²) in [4.78, 5) is 29.8. The zero-order valence-electron chi connectivity index (χ0n) is 43.2. The van der Waals surface area contributed by atoms with Gasteiger partial charge in [-0.1, -0.05) is 25.3 Å². The molecule has 0 aliphatic carbocycles. The number of ether oxygens (including phenoxy) is 12. The maximum absolute atomic E-state index is 14.9. The first-order valence-electron chi connectivity index (χ1n) is 27.3. The largest absolute Gasteiger partial charge is 0.507 e. The second kappa shape index (κ2) is 25.3. The Labute approximate surface area is 444 Å². The number of Topliss-reactive ketones (excluding diaryl/α,β-unsaturated/α-hetero) is 2. The van der Waals surface area contributed by atoms with Crippen molar-refractivity contribution in [3.8, 4) is 57.1 Å². The van der Waals surface area contributed by atoms with Gasteiger partial charge in [0.1, 0.15) is 57.1 Å². The standard InChI is InChI=1S/C60H70O16/c1-37(59(63)57-45(61)33-41(71-51-15-3-9-25-65-51)35-49(57)75-55-19-7-13-29-69-55)39-21-23-47(73-53-17-5-11-27-67-53)43(31-39)44-32-40(22-24-48(44)74-54-18-6-12-28-68-54)38(2)60(64)58-46(62)34-42(72-52-16-4-10-26-66-52)36-50(58)76-56-20-8-14-30-70-56/h21-24,31-36,51-56,61-62H,1-20,25-30H2. The molecule has 16 heteroatoms. The molecule has 0 saturated carbocycles. The third-order valence-electron chi connectivity index (χ3n) is 14.5. The molecule has 6 aliphatic rings. The van der Waals surface area contributed by atoms with E-state index >= 15 is 0 Å². The van der Waals surface area contributed by atoms with Crippen LogP contribution in [0.2, 0.25) is 0 Å². The van der Waals surface area contributed by atoms with Gasteiger partial charge in [-0.3, -0.25) is 9.59 Å². The molecule has 0 radical (unpaired) electrons. The predicted molar refractivity (Wildman–Crippen MR) is 280 cm³/mol. The topological polar surface area (TPSA) is 185 Å². The Kier molecular flexibility index (Phi) is 17.8. The molecule has 6 saturated heterocycles. The summed E-state index contributed by atoms with van der Waals surface area (Å²) >= 11 is 0. The van der Waals surface area contributed by atoms with Gasteiger partial charge in [-0.2, -0.15) is 0 Å². The average molecular weight is 1050 g/mol. The number of aromatic hydroxyl groups is 2. The first kappa shape index (κ1) is 53.3. The van der Waals surface area contributed by atoms with Gasteiger partial charge in [-0.15, -0.1) is 0 Å². The van der Waals surface area contributed by atoms with Crippen LogP contribution in [0.3, 0.4) is 0 Å². The molecule has 0 amide bonds. The highest BCUT2D eigenvalue weighted by Crippen LogP contribution is 2.45. The van der Waals surface area contributed by atoms with Crippen molar-refractivity contribution in [2.45, 2.75) is 153 Å². The van der Waals surface area contributed by atoms with E-state index in [1.807, 2.05) is 0 Å². The fourth-order valence-corrected chi connectivity index (χ4v) is 10.3. The SMILES string of the molecule is C=C(C(=O)c1c(O)cc(OC2CCCCO2)cc1OC1CCCCO1)c1ccc(OC2CCCCO2)c(-c2cc(C(=C)C(=O)c3c(O)cc(OC4CCCCO4)cc3OC3CCCCO3)ccc2OC2CCCCO2)c1. The van der Waals surface area contributed by atoms with E-state index in [4.69, 9.17) is 56.8 Å². The summed E-state index contributed by atoms with van der Waals surface area (Å²) in [6.45, 7) is 11.8. The Morgan fingerprint density at radius 1 is 0.382 bits per heavy atom. The van der Waals surface area contributed by atoms with Crippen molar-refractivity contribution in [3.63, 3.8) is 0 Å². The van der Waals surface area contributed by atoms with Gasteiger partial charge >= 0.3 is 0 Å². The highest BCUT2D eigenvalue weighted by Gasteiger charge is 2.32. The molecule has 6 aliphatic heterocycles. The lowest BCUT2D eigenvalue weighted by Gasteiger charge is -2.28.